The van der Waals surface area contributed by atoms with Gasteiger partial charge in [-0.25, -0.2) is 4.79 Å². The summed E-state index contributed by atoms with van der Waals surface area (Å²) in [7, 11) is 0. The third kappa shape index (κ3) is 4.49. The van der Waals surface area contributed by atoms with Gasteiger partial charge in [0.05, 0.1) is 13.2 Å². The fourth-order valence-corrected chi connectivity index (χ4v) is 1.61. The first kappa shape index (κ1) is 14.7. The second-order valence-electron chi connectivity index (χ2n) is 4.55. The Bertz CT molecular complexity index is 399. The van der Waals surface area contributed by atoms with E-state index in [1.807, 2.05) is 26.0 Å². The molecular formula is C15H22O3. The van der Waals surface area contributed by atoms with E-state index in [2.05, 4.69) is 13.0 Å². The van der Waals surface area contributed by atoms with Crippen LogP contribution in [-0.4, -0.2) is 18.7 Å². The van der Waals surface area contributed by atoms with Crippen molar-refractivity contribution in [1.82, 2.24) is 0 Å². The Labute approximate surface area is 109 Å². The summed E-state index contributed by atoms with van der Waals surface area (Å²) in [6.45, 7) is 8.69. The molecule has 0 fully saturated rings. The van der Waals surface area contributed by atoms with Gasteiger partial charge in [-0.15, -0.1) is 0 Å². The van der Waals surface area contributed by atoms with Gasteiger partial charge < -0.3 is 9.47 Å². The number of rotatable bonds is 6. The number of hydrogen-bond donors (Lipinski definition) is 0. The topological polar surface area (TPSA) is 35.5 Å². The summed E-state index contributed by atoms with van der Waals surface area (Å²) in [6, 6.07) is 6.19. The van der Waals surface area contributed by atoms with E-state index in [-0.39, 0.29) is 5.97 Å². The lowest BCUT2D eigenvalue weighted by molar-refractivity contribution is -0.156. The second kappa shape index (κ2) is 7.17. The van der Waals surface area contributed by atoms with E-state index < -0.39 is 6.10 Å². The Hall–Kier alpha value is -1.35. The molecule has 0 heterocycles. The molecule has 0 aliphatic heterocycles. The molecule has 0 saturated heterocycles. The van der Waals surface area contributed by atoms with E-state index in [0.29, 0.717) is 13.2 Å². The zero-order valence-electron chi connectivity index (χ0n) is 11.7. The summed E-state index contributed by atoms with van der Waals surface area (Å²) in [5.41, 5.74) is 3.52. The van der Waals surface area contributed by atoms with Gasteiger partial charge in [0.25, 0.3) is 0 Å². The van der Waals surface area contributed by atoms with E-state index in [4.69, 9.17) is 9.47 Å². The van der Waals surface area contributed by atoms with E-state index in [0.717, 1.165) is 12.0 Å². The molecule has 3 heteroatoms. The largest absolute Gasteiger partial charge is 0.464 e. The highest BCUT2D eigenvalue weighted by atomic mass is 16.6. The average molecular weight is 250 g/mol. The number of aryl methyl sites for hydroxylation is 2. The quantitative estimate of drug-likeness (QED) is 0.727. The van der Waals surface area contributed by atoms with Crippen LogP contribution < -0.4 is 0 Å². The van der Waals surface area contributed by atoms with Crippen molar-refractivity contribution in [2.45, 2.75) is 46.8 Å². The normalized spacial score (nSPS) is 12.2. The lowest BCUT2D eigenvalue weighted by Crippen LogP contribution is -2.23. The molecular weight excluding hydrogens is 228 g/mol. The third-order valence-corrected chi connectivity index (χ3v) is 2.77. The van der Waals surface area contributed by atoms with Crippen molar-refractivity contribution >= 4 is 5.97 Å². The molecule has 0 aliphatic carbocycles. The SMILES string of the molecule is CCCOC(=O)C(C)OCc1ccc(C)cc1C. The minimum absolute atomic E-state index is 0.290. The van der Waals surface area contributed by atoms with E-state index in [9.17, 15) is 4.79 Å². The van der Waals surface area contributed by atoms with Crippen molar-refractivity contribution in [2.75, 3.05) is 6.61 Å². The number of ether oxygens (including phenoxy) is 2. The lowest BCUT2D eigenvalue weighted by Gasteiger charge is -2.13. The van der Waals surface area contributed by atoms with Crippen LogP contribution in [0.25, 0.3) is 0 Å². The van der Waals surface area contributed by atoms with E-state index in [1.165, 1.54) is 11.1 Å². The molecule has 1 aromatic rings. The molecule has 0 aromatic heterocycles. The number of carbonyl (C=O) groups is 1. The molecule has 3 nitrogen and oxygen atoms in total. The van der Waals surface area contributed by atoms with E-state index in [1.54, 1.807) is 6.92 Å². The molecule has 0 amide bonds. The molecule has 0 saturated carbocycles. The van der Waals surface area contributed by atoms with Crippen molar-refractivity contribution in [3.63, 3.8) is 0 Å². The molecule has 0 spiro atoms. The minimum Gasteiger partial charge on any atom is -0.464 e. The first-order valence-electron chi connectivity index (χ1n) is 6.39. The summed E-state index contributed by atoms with van der Waals surface area (Å²) in [5.74, 6) is -0.290. The Kier molecular flexibility index (Phi) is 5.86. The molecule has 0 N–H and O–H groups in total. The Morgan fingerprint density at radius 1 is 1.33 bits per heavy atom. The summed E-state index contributed by atoms with van der Waals surface area (Å²) in [6.07, 6.45) is 0.312. The predicted molar refractivity (Wildman–Crippen MR) is 71.4 cm³/mol. The maximum atomic E-state index is 11.5. The van der Waals surface area contributed by atoms with Crippen LogP contribution in [0.2, 0.25) is 0 Å². The summed E-state index contributed by atoms with van der Waals surface area (Å²) < 4.78 is 10.6. The molecule has 1 rings (SSSR count). The first-order chi connectivity index (χ1) is 8.54. The number of carbonyl (C=O) groups excluding carboxylic acids is 1. The van der Waals surface area contributed by atoms with Crippen LogP contribution in [0.5, 0.6) is 0 Å². The monoisotopic (exact) mass is 250 g/mol. The molecule has 100 valence electrons. The first-order valence-corrected chi connectivity index (χ1v) is 6.39. The zero-order chi connectivity index (χ0) is 13.5. The molecule has 0 radical (unpaired) electrons. The van der Waals surface area contributed by atoms with Crippen LogP contribution in [0.4, 0.5) is 0 Å². The molecule has 0 bridgehead atoms. The third-order valence-electron chi connectivity index (χ3n) is 2.77. The highest BCUT2D eigenvalue weighted by Gasteiger charge is 2.14. The molecule has 18 heavy (non-hydrogen) atoms. The maximum Gasteiger partial charge on any atom is 0.334 e. The summed E-state index contributed by atoms with van der Waals surface area (Å²) in [4.78, 5) is 11.5. The maximum absolute atomic E-state index is 11.5. The Morgan fingerprint density at radius 3 is 2.67 bits per heavy atom. The zero-order valence-corrected chi connectivity index (χ0v) is 11.7. The van der Waals surface area contributed by atoms with Gasteiger partial charge in [-0.1, -0.05) is 30.7 Å². The predicted octanol–water partition coefficient (Wildman–Crippen LogP) is 3.16. The van der Waals surface area contributed by atoms with Crippen LogP contribution in [0.15, 0.2) is 18.2 Å². The molecule has 0 aliphatic rings. The fourth-order valence-electron chi connectivity index (χ4n) is 1.61. The summed E-state index contributed by atoms with van der Waals surface area (Å²) >= 11 is 0. The van der Waals surface area contributed by atoms with Crippen molar-refractivity contribution in [3.05, 3.63) is 34.9 Å². The lowest BCUT2D eigenvalue weighted by atomic mass is 10.1. The molecule has 1 aromatic carbocycles. The van der Waals surface area contributed by atoms with Crippen LogP contribution in [0, 0.1) is 13.8 Å². The van der Waals surface area contributed by atoms with Gasteiger partial charge in [-0.05, 0) is 38.3 Å². The van der Waals surface area contributed by atoms with Gasteiger partial charge in [0.2, 0.25) is 0 Å². The number of esters is 1. The van der Waals surface area contributed by atoms with Gasteiger partial charge in [0.1, 0.15) is 0 Å². The van der Waals surface area contributed by atoms with Crippen molar-refractivity contribution < 1.29 is 14.3 Å². The highest BCUT2D eigenvalue weighted by molar-refractivity contribution is 5.74. The average Bonchev–Trinajstić information content (AvgIpc) is 2.34. The number of benzene rings is 1. The smallest absolute Gasteiger partial charge is 0.334 e. The van der Waals surface area contributed by atoms with E-state index >= 15 is 0 Å². The van der Waals surface area contributed by atoms with Crippen molar-refractivity contribution in [3.8, 4) is 0 Å². The van der Waals surface area contributed by atoms with Gasteiger partial charge in [0, 0.05) is 0 Å². The Morgan fingerprint density at radius 2 is 2.06 bits per heavy atom. The van der Waals surface area contributed by atoms with Gasteiger partial charge in [-0.3, -0.25) is 0 Å². The second-order valence-corrected chi connectivity index (χ2v) is 4.55. The van der Waals surface area contributed by atoms with Gasteiger partial charge in [0.15, 0.2) is 6.10 Å². The fraction of sp³-hybridized carbons (Fsp3) is 0.533. The Balaban J connectivity index is 2.46. The summed E-state index contributed by atoms with van der Waals surface area (Å²) in [5, 5.41) is 0. The molecule has 1 atom stereocenters. The van der Waals surface area contributed by atoms with Crippen molar-refractivity contribution in [2.24, 2.45) is 0 Å². The van der Waals surface area contributed by atoms with Gasteiger partial charge in [-0.2, -0.15) is 0 Å². The standard InChI is InChI=1S/C15H22O3/c1-5-8-17-15(16)13(4)18-10-14-7-6-11(2)9-12(14)3/h6-7,9,13H,5,8,10H2,1-4H3. The minimum atomic E-state index is -0.516. The van der Waals surface area contributed by atoms with Crippen LogP contribution in [0.3, 0.4) is 0 Å². The van der Waals surface area contributed by atoms with Crippen molar-refractivity contribution in [1.29, 1.82) is 0 Å². The van der Waals surface area contributed by atoms with Crippen LogP contribution in [0.1, 0.15) is 37.0 Å². The van der Waals surface area contributed by atoms with Gasteiger partial charge >= 0.3 is 5.97 Å². The molecule has 1 unspecified atom stereocenters. The highest BCUT2D eigenvalue weighted by Crippen LogP contribution is 2.12. The van der Waals surface area contributed by atoms with Crippen LogP contribution in [-0.2, 0) is 20.9 Å². The van der Waals surface area contributed by atoms with Crippen LogP contribution >= 0.6 is 0 Å². The number of hydrogen-bond acceptors (Lipinski definition) is 3.